The van der Waals surface area contributed by atoms with E-state index in [4.69, 9.17) is 16.7 Å². The van der Waals surface area contributed by atoms with Crippen LogP contribution in [0.25, 0.3) is 5.57 Å². The molecule has 1 aliphatic heterocycles. The summed E-state index contributed by atoms with van der Waals surface area (Å²) in [7, 11) is -5.44. The highest BCUT2D eigenvalue weighted by Gasteiger charge is 2.46. The summed E-state index contributed by atoms with van der Waals surface area (Å²) >= 11 is 6.26. The number of hydrogen-bond donors (Lipinski definition) is 4. The fraction of sp³-hybridized carbons (Fsp3) is 0.350. The first kappa shape index (κ1) is 25.4. The van der Waals surface area contributed by atoms with Gasteiger partial charge in [-0.05, 0) is 42.3 Å². The van der Waals surface area contributed by atoms with Crippen LogP contribution in [0.3, 0.4) is 0 Å². The summed E-state index contributed by atoms with van der Waals surface area (Å²) in [6.45, 7) is 0.253. The molecule has 0 amide bonds. The second-order valence-electron chi connectivity index (χ2n) is 7.26. The molecule has 0 fully saturated rings. The van der Waals surface area contributed by atoms with E-state index in [1.807, 2.05) is 6.08 Å². The summed E-state index contributed by atoms with van der Waals surface area (Å²) in [5.74, 6) is 0. The Morgan fingerprint density at radius 2 is 1.88 bits per heavy atom. The third-order valence-electron chi connectivity index (χ3n) is 5.08. The van der Waals surface area contributed by atoms with Crippen LogP contribution in [0.4, 0.5) is 18.9 Å². The molecule has 2 aromatic rings. The first-order valence-electron chi connectivity index (χ1n) is 9.68. The Bertz CT molecular complexity index is 1130. The van der Waals surface area contributed by atoms with Gasteiger partial charge in [-0.25, -0.2) is 8.42 Å². The molecule has 0 radical (unpaired) electrons. The minimum absolute atomic E-state index is 0.237. The number of halogens is 4. The van der Waals surface area contributed by atoms with Gasteiger partial charge in [-0.15, -0.1) is 0 Å². The normalized spacial score (nSPS) is 17.4. The Morgan fingerprint density at radius 1 is 1.21 bits per heavy atom. The van der Waals surface area contributed by atoms with Gasteiger partial charge in [-0.2, -0.15) is 13.2 Å². The molecule has 1 unspecified atom stereocenters. The fourth-order valence-electron chi connectivity index (χ4n) is 3.20. The number of sulfone groups is 1. The molecular formula is C20H21ClF3N3O5S. The molecule has 1 aliphatic rings. The molecule has 0 saturated heterocycles. The summed E-state index contributed by atoms with van der Waals surface area (Å²) in [5.41, 5.74) is -3.42. The highest BCUT2D eigenvalue weighted by atomic mass is 35.5. The van der Waals surface area contributed by atoms with E-state index in [0.717, 1.165) is 29.8 Å². The number of pyridine rings is 1. The molecule has 8 nitrogen and oxygen atoms in total. The van der Waals surface area contributed by atoms with Crippen molar-refractivity contribution < 1.29 is 36.9 Å². The van der Waals surface area contributed by atoms with E-state index in [9.17, 15) is 31.8 Å². The Morgan fingerprint density at radius 3 is 2.39 bits per heavy atom. The largest absolute Gasteiger partial charge is 0.501 e. The van der Waals surface area contributed by atoms with Crippen molar-refractivity contribution in [2.45, 2.75) is 29.3 Å². The van der Waals surface area contributed by atoms with Crippen LogP contribution in [0.2, 0.25) is 5.02 Å². The number of rotatable bonds is 7. The van der Waals surface area contributed by atoms with Crippen molar-refractivity contribution in [3.63, 3.8) is 0 Å². The summed E-state index contributed by atoms with van der Waals surface area (Å²) < 4.78 is 60.8. The van der Waals surface area contributed by atoms with Crippen LogP contribution in [0.5, 0.6) is 0 Å². The number of hydrogen-bond acceptors (Lipinski definition) is 8. The first-order valence-corrected chi connectivity index (χ1v) is 11.5. The van der Waals surface area contributed by atoms with Gasteiger partial charge in [-0.3, -0.25) is 9.88 Å². The molecule has 0 spiro atoms. The summed E-state index contributed by atoms with van der Waals surface area (Å²) in [4.78, 5) is 5.01. The number of aromatic nitrogens is 1. The zero-order valence-corrected chi connectivity index (χ0v) is 18.6. The van der Waals surface area contributed by atoms with Crippen molar-refractivity contribution in [1.82, 2.24) is 9.88 Å². The first-order chi connectivity index (χ1) is 15.4. The quantitative estimate of drug-likeness (QED) is 0.422. The van der Waals surface area contributed by atoms with Crippen molar-refractivity contribution in [3.8, 4) is 0 Å². The second kappa shape index (κ2) is 9.95. The predicted molar refractivity (Wildman–Crippen MR) is 115 cm³/mol. The van der Waals surface area contributed by atoms with Crippen LogP contribution >= 0.6 is 11.6 Å². The van der Waals surface area contributed by atoms with E-state index in [1.165, 1.54) is 12.3 Å². The lowest BCUT2D eigenvalue weighted by molar-refractivity contribution is -0.0436. The number of aliphatic hydroxyl groups is 3. The van der Waals surface area contributed by atoms with Crippen molar-refractivity contribution in [3.05, 3.63) is 58.9 Å². The van der Waals surface area contributed by atoms with E-state index in [-0.39, 0.29) is 5.69 Å². The number of alkyl halides is 3. The minimum atomic E-state index is -5.44. The molecule has 33 heavy (non-hydrogen) atoms. The maximum absolute atomic E-state index is 12.6. The Labute approximate surface area is 192 Å². The highest BCUT2D eigenvalue weighted by Crippen LogP contribution is 2.31. The van der Waals surface area contributed by atoms with Gasteiger partial charge in [-0.1, -0.05) is 17.7 Å². The third-order valence-corrected chi connectivity index (χ3v) is 6.87. The highest BCUT2D eigenvalue weighted by molar-refractivity contribution is 7.92. The van der Waals surface area contributed by atoms with Crippen molar-refractivity contribution in [2.24, 2.45) is 0 Å². The standard InChI is InChI=1S/C20H21ClF3N3O5S/c21-16-9-13(17(29)11-28)10-25-18(16)12-5-7-27(8-6-12)19(30)26-14-1-3-15(4-2-14)33(31,32)20(22,23)24/h1-5,9-10,17,19,26,28-30H,6-8,11H2/t17-,19?/m0/s1. The molecule has 0 bridgehead atoms. The molecule has 1 aromatic carbocycles. The molecule has 13 heteroatoms. The predicted octanol–water partition coefficient (Wildman–Crippen LogP) is 2.53. The zero-order chi connectivity index (χ0) is 24.4. The van der Waals surface area contributed by atoms with Gasteiger partial charge in [0.1, 0.15) is 6.10 Å². The van der Waals surface area contributed by atoms with Gasteiger partial charge < -0.3 is 20.6 Å². The van der Waals surface area contributed by atoms with Crippen molar-refractivity contribution in [2.75, 3.05) is 25.0 Å². The number of aliphatic hydroxyl groups excluding tert-OH is 3. The van der Waals surface area contributed by atoms with E-state index < -0.39 is 39.3 Å². The molecular weight excluding hydrogens is 487 g/mol. The average Bonchev–Trinajstić information content (AvgIpc) is 2.78. The van der Waals surface area contributed by atoms with Gasteiger partial charge in [0.25, 0.3) is 9.84 Å². The monoisotopic (exact) mass is 507 g/mol. The number of anilines is 1. The van der Waals surface area contributed by atoms with Gasteiger partial charge >= 0.3 is 5.51 Å². The van der Waals surface area contributed by atoms with Gasteiger partial charge in [0.15, 0.2) is 6.35 Å². The topological polar surface area (TPSA) is 123 Å². The number of nitrogens with one attached hydrogen (secondary N) is 1. The number of nitrogens with zero attached hydrogens (tertiary/aromatic N) is 2. The SMILES string of the molecule is O=S(=O)(c1ccc(NC(O)N2CC=C(c3ncc([C@@H](O)CO)cc3Cl)CC2)cc1)C(F)(F)F. The van der Waals surface area contributed by atoms with Crippen LogP contribution in [0, 0.1) is 0 Å². The Balaban J connectivity index is 1.64. The lowest BCUT2D eigenvalue weighted by atomic mass is 10.0. The molecule has 3 rings (SSSR count). The molecule has 0 aliphatic carbocycles. The van der Waals surface area contributed by atoms with E-state index in [2.05, 4.69) is 10.3 Å². The fourth-order valence-corrected chi connectivity index (χ4v) is 4.26. The van der Waals surface area contributed by atoms with Gasteiger partial charge in [0, 0.05) is 30.5 Å². The van der Waals surface area contributed by atoms with Crippen LogP contribution < -0.4 is 5.32 Å². The summed E-state index contributed by atoms with van der Waals surface area (Å²) in [6, 6.07) is 5.43. The summed E-state index contributed by atoms with van der Waals surface area (Å²) in [5, 5.41) is 32.1. The van der Waals surface area contributed by atoms with E-state index in [0.29, 0.717) is 35.8 Å². The minimum Gasteiger partial charge on any atom is -0.393 e. The smallest absolute Gasteiger partial charge is 0.393 e. The molecule has 2 heterocycles. The van der Waals surface area contributed by atoms with Crippen LogP contribution in [-0.4, -0.2) is 65.2 Å². The molecule has 0 saturated carbocycles. The van der Waals surface area contributed by atoms with Gasteiger partial charge in [0.05, 0.1) is 22.2 Å². The lowest BCUT2D eigenvalue weighted by Crippen LogP contribution is -2.43. The Kier molecular flexibility index (Phi) is 7.66. The van der Waals surface area contributed by atoms with Gasteiger partial charge in [0.2, 0.25) is 0 Å². The average molecular weight is 508 g/mol. The summed E-state index contributed by atoms with van der Waals surface area (Å²) in [6.07, 6.45) is 1.45. The van der Waals surface area contributed by atoms with Crippen LogP contribution in [0.1, 0.15) is 23.8 Å². The van der Waals surface area contributed by atoms with Crippen LogP contribution in [-0.2, 0) is 9.84 Å². The maximum Gasteiger partial charge on any atom is 0.501 e. The number of benzene rings is 1. The third kappa shape index (κ3) is 5.65. The maximum atomic E-state index is 12.6. The lowest BCUT2D eigenvalue weighted by Gasteiger charge is -2.31. The zero-order valence-electron chi connectivity index (χ0n) is 17.0. The molecule has 4 N–H and O–H groups in total. The Hall–Kier alpha value is -2.22. The molecule has 1 aromatic heterocycles. The molecule has 180 valence electrons. The van der Waals surface area contributed by atoms with Crippen molar-refractivity contribution in [1.29, 1.82) is 0 Å². The molecule has 2 atom stereocenters. The van der Waals surface area contributed by atoms with E-state index in [1.54, 1.807) is 4.90 Å². The van der Waals surface area contributed by atoms with Crippen LogP contribution in [0.15, 0.2) is 47.5 Å². The van der Waals surface area contributed by atoms with E-state index >= 15 is 0 Å². The second-order valence-corrected chi connectivity index (χ2v) is 9.61. The van der Waals surface area contributed by atoms with Crippen molar-refractivity contribution >= 4 is 32.7 Å².